The van der Waals surface area contributed by atoms with Crippen LogP contribution in [0, 0.1) is 13.8 Å². The van der Waals surface area contributed by atoms with E-state index in [9.17, 15) is 4.79 Å². The SMILES string of the molecule is COc1ccc(CCNC(=O)Cc2ccc(C)cc2C)cc1. The van der Waals surface area contributed by atoms with E-state index >= 15 is 0 Å². The molecule has 0 heterocycles. The molecule has 1 N–H and O–H groups in total. The monoisotopic (exact) mass is 297 g/mol. The molecular weight excluding hydrogens is 274 g/mol. The fourth-order valence-electron chi connectivity index (χ4n) is 2.42. The number of hydrogen-bond donors (Lipinski definition) is 1. The molecular formula is C19H23NO2. The first-order valence-electron chi connectivity index (χ1n) is 7.54. The summed E-state index contributed by atoms with van der Waals surface area (Å²) in [5.41, 5.74) is 4.67. The Balaban J connectivity index is 1.79. The molecule has 0 aromatic heterocycles. The average molecular weight is 297 g/mol. The van der Waals surface area contributed by atoms with Gasteiger partial charge < -0.3 is 10.1 Å². The van der Waals surface area contributed by atoms with Crippen molar-refractivity contribution >= 4 is 5.91 Å². The van der Waals surface area contributed by atoms with Crippen LogP contribution in [0.3, 0.4) is 0 Å². The van der Waals surface area contributed by atoms with E-state index in [2.05, 4.69) is 18.3 Å². The molecule has 0 spiro atoms. The minimum Gasteiger partial charge on any atom is -0.497 e. The zero-order valence-corrected chi connectivity index (χ0v) is 13.5. The number of rotatable bonds is 6. The zero-order chi connectivity index (χ0) is 15.9. The van der Waals surface area contributed by atoms with Crippen molar-refractivity contribution in [1.29, 1.82) is 0 Å². The predicted molar refractivity (Wildman–Crippen MR) is 89.3 cm³/mol. The van der Waals surface area contributed by atoms with Crippen LogP contribution >= 0.6 is 0 Å². The van der Waals surface area contributed by atoms with Crippen molar-refractivity contribution in [1.82, 2.24) is 5.32 Å². The van der Waals surface area contributed by atoms with Crippen molar-refractivity contribution < 1.29 is 9.53 Å². The fraction of sp³-hybridized carbons (Fsp3) is 0.316. The Morgan fingerprint density at radius 3 is 2.45 bits per heavy atom. The Labute approximate surface area is 132 Å². The molecule has 0 saturated heterocycles. The highest BCUT2D eigenvalue weighted by Gasteiger charge is 2.05. The molecule has 1 amide bonds. The molecule has 3 nitrogen and oxygen atoms in total. The topological polar surface area (TPSA) is 38.3 Å². The van der Waals surface area contributed by atoms with Crippen LogP contribution < -0.4 is 10.1 Å². The number of amides is 1. The molecule has 0 atom stereocenters. The van der Waals surface area contributed by atoms with Crippen molar-refractivity contribution in [2.24, 2.45) is 0 Å². The molecule has 3 heteroatoms. The van der Waals surface area contributed by atoms with E-state index in [1.165, 1.54) is 16.7 Å². The summed E-state index contributed by atoms with van der Waals surface area (Å²) in [6.07, 6.45) is 1.26. The molecule has 0 bridgehead atoms. The van der Waals surface area contributed by atoms with Crippen molar-refractivity contribution in [2.75, 3.05) is 13.7 Å². The third-order valence-electron chi connectivity index (χ3n) is 3.74. The van der Waals surface area contributed by atoms with Crippen LogP contribution in [0.15, 0.2) is 42.5 Å². The fourth-order valence-corrected chi connectivity index (χ4v) is 2.42. The first-order chi connectivity index (χ1) is 10.6. The van der Waals surface area contributed by atoms with E-state index in [1.54, 1.807) is 7.11 Å². The molecule has 0 fully saturated rings. The highest BCUT2D eigenvalue weighted by atomic mass is 16.5. The number of carbonyl (C=O) groups is 1. The summed E-state index contributed by atoms with van der Waals surface area (Å²) in [6, 6.07) is 14.1. The van der Waals surface area contributed by atoms with E-state index < -0.39 is 0 Å². The first kappa shape index (κ1) is 16.1. The molecule has 0 aliphatic heterocycles. The third kappa shape index (κ3) is 4.62. The summed E-state index contributed by atoms with van der Waals surface area (Å²) in [4.78, 5) is 12.0. The van der Waals surface area contributed by atoms with Gasteiger partial charge in [-0.25, -0.2) is 0 Å². The standard InChI is InChI=1S/C19H23NO2/c1-14-4-7-17(15(2)12-14)13-19(21)20-11-10-16-5-8-18(22-3)9-6-16/h4-9,12H,10-11,13H2,1-3H3,(H,20,21). The van der Waals surface area contributed by atoms with Crippen LogP contribution in [0.5, 0.6) is 5.75 Å². The quantitative estimate of drug-likeness (QED) is 0.889. The number of nitrogens with one attached hydrogen (secondary N) is 1. The zero-order valence-electron chi connectivity index (χ0n) is 13.5. The van der Waals surface area contributed by atoms with Crippen LogP contribution in [0.1, 0.15) is 22.3 Å². The third-order valence-corrected chi connectivity index (χ3v) is 3.74. The Kier molecular flexibility index (Phi) is 5.59. The number of benzene rings is 2. The van der Waals surface area contributed by atoms with Gasteiger partial charge in [0.2, 0.25) is 5.91 Å². The van der Waals surface area contributed by atoms with Gasteiger partial charge in [-0.05, 0) is 49.1 Å². The van der Waals surface area contributed by atoms with Gasteiger partial charge in [0, 0.05) is 6.54 Å². The van der Waals surface area contributed by atoms with E-state index in [4.69, 9.17) is 4.74 Å². The van der Waals surface area contributed by atoms with Crippen LogP contribution in [0.2, 0.25) is 0 Å². The van der Waals surface area contributed by atoms with Gasteiger partial charge in [0.05, 0.1) is 13.5 Å². The van der Waals surface area contributed by atoms with Crippen LogP contribution in [0.4, 0.5) is 0 Å². The second kappa shape index (κ2) is 7.64. The van der Waals surface area contributed by atoms with Crippen LogP contribution in [-0.4, -0.2) is 19.6 Å². The van der Waals surface area contributed by atoms with E-state index in [-0.39, 0.29) is 5.91 Å². The maximum atomic E-state index is 12.0. The molecule has 116 valence electrons. The van der Waals surface area contributed by atoms with Crippen LogP contribution in [0.25, 0.3) is 0 Å². The largest absolute Gasteiger partial charge is 0.497 e. The molecule has 0 saturated carbocycles. The predicted octanol–water partition coefficient (Wildman–Crippen LogP) is 3.21. The molecule has 2 rings (SSSR count). The van der Waals surface area contributed by atoms with Gasteiger partial charge in [0.1, 0.15) is 5.75 Å². The average Bonchev–Trinajstić information content (AvgIpc) is 2.51. The molecule has 0 unspecified atom stereocenters. The van der Waals surface area contributed by atoms with Gasteiger partial charge in [-0.15, -0.1) is 0 Å². The number of aryl methyl sites for hydroxylation is 2. The number of carbonyl (C=O) groups excluding carboxylic acids is 1. The molecule has 0 radical (unpaired) electrons. The van der Waals surface area contributed by atoms with Crippen molar-refractivity contribution in [3.63, 3.8) is 0 Å². The van der Waals surface area contributed by atoms with Gasteiger partial charge in [-0.2, -0.15) is 0 Å². The lowest BCUT2D eigenvalue weighted by atomic mass is 10.0. The van der Waals surface area contributed by atoms with Gasteiger partial charge in [0.25, 0.3) is 0 Å². The number of ether oxygens (including phenoxy) is 1. The van der Waals surface area contributed by atoms with Gasteiger partial charge in [-0.3, -0.25) is 4.79 Å². The van der Waals surface area contributed by atoms with Crippen molar-refractivity contribution in [2.45, 2.75) is 26.7 Å². The van der Waals surface area contributed by atoms with Gasteiger partial charge in [-0.1, -0.05) is 35.9 Å². The second-order valence-corrected chi connectivity index (χ2v) is 5.55. The Hall–Kier alpha value is -2.29. The first-order valence-corrected chi connectivity index (χ1v) is 7.54. The molecule has 0 aliphatic carbocycles. The van der Waals surface area contributed by atoms with Gasteiger partial charge in [0.15, 0.2) is 0 Å². The lowest BCUT2D eigenvalue weighted by Crippen LogP contribution is -2.27. The summed E-state index contributed by atoms with van der Waals surface area (Å²) in [5, 5.41) is 2.98. The Bertz CT molecular complexity index is 632. The summed E-state index contributed by atoms with van der Waals surface area (Å²) >= 11 is 0. The Morgan fingerprint density at radius 2 is 1.82 bits per heavy atom. The highest BCUT2D eigenvalue weighted by molar-refractivity contribution is 5.78. The van der Waals surface area contributed by atoms with E-state index in [0.29, 0.717) is 13.0 Å². The maximum absolute atomic E-state index is 12.0. The summed E-state index contributed by atoms with van der Waals surface area (Å²) in [7, 11) is 1.66. The highest BCUT2D eigenvalue weighted by Crippen LogP contribution is 2.12. The minimum absolute atomic E-state index is 0.0699. The lowest BCUT2D eigenvalue weighted by molar-refractivity contribution is -0.120. The number of hydrogen-bond acceptors (Lipinski definition) is 2. The van der Waals surface area contributed by atoms with Crippen LogP contribution in [-0.2, 0) is 17.6 Å². The minimum atomic E-state index is 0.0699. The summed E-state index contributed by atoms with van der Waals surface area (Å²) in [6.45, 7) is 4.76. The smallest absolute Gasteiger partial charge is 0.224 e. The number of methoxy groups -OCH3 is 1. The lowest BCUT2D eigenvalue weighted by Gasteiger charge is -2.08. The molecule has 2 aromatic carbocycles. The van der Waals surface area contributed by atoms with Gasteiger partial charge >= 0.3 is 0 Å². The summed E-state index contributed by atoms with van der Waals surface area (Å²) < 4.78 is 5.13. The maximum Gasteiger partial charge on any atom is 0.224 e. The molecule has 2 aromatic rings. The second-order valence-electron chi connectivity index (χ2n) is 5.55. The van der Waals surface area contributed by atoms with Crippen molar-refractivity contribution in [3.05, 3.63) is 64.7 Å². The molecule has 22 heavy (non-hydrogen) atoms. The summed E-state index contributed by atoms with van der Waals surface area (Å²) in [5.74, 6) is 0.920. The Morgan fingerprint density at radius 1 is 1.09 bits per heavy atom. The van der Waals surface area contributed by atoms with E-state index in [1.807, 2.05) is 43.3 Å². The van der Waals surface area contributed by atoms with E-state index in [0.717, 1.165) is 17.7 Å². The molecule has 0 aliphatic rings. The normalized spacial score (nSPS) is 10.3. The van der Waals surface area contributed by atoms with Crippen molar-refractivity contribution in [3.8, 4) is 5.75 Å².